The van der Waals surface area contributed by atoms with Crippen LogP contribution >= 0.6 is 0 Å². The lowest BCUT2D eigenvalue weighted by atomic mass is 9.80. The van der Waals surface area contributed by atoms with Gasteiger partial charge in [-0.05, 0) is 37.3 Å². The van der Waals surface area contributed by atoms with E-state index in [1.807, 2.05) is 12.4 Å². The second-order valence-corrected chi connectivity index (χ2v) is 6.00. The standard InChI is InChI=1S/C18H25N3/c1-2-7-15(8-3-1)16-9-4-5-10-17(16)19-12-6-11-18-20-13-14-21-18/h1-3,7-8,13-14,16-17,19H,4-6,9-12H2,(H,20,21). The monoisotopic (exact) mass is 283 g/mol. The van der Waals surface area contributed by atoms with E-state index in [0.29, 0.717) is 12.0 Å². The maximum absolute atomic E-state index is 4.28. The van der Waals surface area contributed by atoms with Gasteiger partial charge in [0.1, 0.15) is 5.82 Å². The summed E-state index contributed by atoms with van der Waals surface area (Å²) in [4.78, 5) is 7.45. The molecule has 2 atom stereocenters. The molecule has 0 aliphatic heterocycles. The van der Waals surface area contributed by atoms with Crippen LogP contribution in [0.15, 0.2) is 42.7 Å². The number of nitrogens with zero attached hydrogens (tertiary/aromatic N) is 1. The highest BCUT2D eigenvalue weighted by Crippen LogP contribution is 2.32. The molecule has 3 heteroatoms. The molecule has 1 aromatic heterocycles. The van der Waals surface area contributed by atoms with Gasteiger partial charge in [0.05, 0.1) is 0 Å². The molecule has 1 fully saturated rings. The van der Waals surface area contributed by atoms with Crippen LogP contribution in [0.1, 0.15) is 49.4 Å². The summed E-state index contributed by atoms with van der Waals surface area (Å²) >= 11 is 0. The smallest absolute Gasteiger partial charge is 0.106 e. The Hall–Kier alpha value is -1.61. The van der Waals surface area contributed by atoms with Gasteiger partial charge in [-0.1, -0.05) is 43.2 Å². The molecule has 1 aliphatic carbocycles. The zero-order valence-corrected chi connectivity index (χ0v) is 12.6. The van der Waals surface area contributed by atoms with E-state index >= 15 is 0 Å². The fraction of sp³-hybridized carbons (Fsp3) is 0.500. The van der Waals surface area contributed by atoms with Crippen molar-refractivity contribution < 1.29 is 0 Å². The Labute approximate surface area is 127 Å². The number of rotatable bonds is 6. The summed E-state index contributed by atoms with van der Waals surface area (Å²) in [5.41, 5.74) is 1.50. The molecule has 0 saturated heterocycles. The van der Waals surface area contributed by atoms with Gasteiger partial charge in [0.25, 0.3) is 0 Å². The maximum atomic E-state index is 4.28. The minimum Gasteiger partial charge on any atom is -0.349 e. The molecule has 0 amide bonds. The Morgan fingerprint density at radius 2 is 2.00 bits per heavy atom. The summed E-state index contributed by atoms with van der Waals surface area (Å²) in [6.07, 6.45) is 11.3. The third kappa shape index (κ3) is 3.94. The lowest BCUT2D eigenvalue weighted by Gasteiger charge is -2.33. The van der Waals surface area contributed by atoms with Crippen LogP contribution < -0.4 is 5.32 Å². The number of imidazole rings is 1. The first kappa shape index (κ1) is 14.3. The maximum Gasteiger partial charge on any atom is 0.106 e. The Bertz CT molecular complexity index is 507. The lowest BCUT2D eigenvalue weighted by Crippen LogP contribution is -2.37. The van der Waals surface area contributed by atoms with Crippen LogP contribution in [-0.2, 0) is 6.42 Å². The first-order chi connectivity index (χ1) is 10.4. The second-order valence-electron chi connectivity index (χ2n) is 6.00. The molecule has 1 aromatic carbocycles. The van der Waals surface area contributed by atoms with E-state index < -0.39 is 0 Å². The quantitative estimate of drug-likeness (QED) is 0.794. The largest absolute Gasteiger partial charge is 0.349 e. The van der Waals surface area contributed by atoms with Gasteiger partial charge >= 0.3 is 0 Å². The van der Waals surface area contributed by atoms with Gasteiger partial charge in [-0.3, -0.25) is 0 Å². The molecule has 21 heavy (non-hydrogen) atoms. The Kier molecular flexibility index (Phi) is 5.06. The zero-order chi connectivity index (χ0) is 14.3. The molecule has 2 aromatic rings. The van der Waals surface area contributed by atoms with Crippen LogP contribution in [0.5, 0.6) is 0 Å². The molecule has 3 rings (SSSR count). The summed E-state index contributed by atoms with van der Waals surface area (Å²) < 4.78 is 0. The molecule has 0 spiro atoms. The third-order valence-electron chi connectivity index (χ3n) is 4.55. The number of aromatic amines is 1. The minimum atomic E-state index is 0.637. The molecule has 1 saturated carbocycles. The van der Waals surface area contributed by atoms with Gasteiger partial charge in [-0.15, -0.1) is 0 Å². The molecule has 1 aliphatic rings. The number of aromatic nitrogens is 2. The fourth-order valence-electron chi connectivity index (χ4n) is 3.45. The first-order valence-corrected chi connectivity index (χ1v) is 8.20. The van der Waals surface area contributed by atoms with Crippen molar-refractivity contribution in [1.82, 2.24) is 15.3 Å². The summed E-state index contributed by atoms with van der Waals surface area (Å²) in [5.74, 6) is 1.78. The summed E-state index contributed by atoms with van der Waals surface area (Å²) in [6, 6.07) is 11.6. The second kappa shape index (κ2) is 7.41. The van der Waals surface area contributed by atoms with Gasteiger partial charge in [-0.25, -0.2) is 4.98 Å². The summed E-state index contributed by atoms with van der Waals surface area (Å²) in [7, 11) is 0. The average Bonchev–Trinajstić information content (AvgIpc) is 3.06. The Morgan fingerprint density at radius 3 is 2.81 bits per heavy atom. The first-order valence-electron chi connectivity index (χ1n) is 8.20. The van der Waals surface area contributed by atoms with Gasteiger partial charge in [-0.2, -0.15) is 0 Å². The van der Waals surface area contributed by atoms with E-state index in [0.717, 1.165) is 25.2 Å². The average molecular weight is 283 g/mol. The van der Waals surface area contributed by atoms with Crippen LogP contribution in [0.3, 0.4) is 0 Å². The molecular formula is C18H25N3. The van der Waals surface area contributed by atoms with Crippen molar-refractivity contribution in [3.05, 3.63) is 54.1 Å². The number of hydrogen-bond acceptors (Lipinski definition) is 2. The molecule has 2 N–H and O–H groups in total. The van der Waals surface area contributed by atoms with Crippen molar-refractivity contribution in [2.24, 2.45) is 0 Å². The van der Waals surface area contributed by atoms with Crippen molar-refractivity contribution >= 4 is 0 Å². The number of hydrogen-bond donors (Lipinski definition) is 2. The highest BCUT2D eigenvalue weighted by atomic mass is 14.9. The van der Waals surface area contributed by atoms with Crippen molar-refractivity contribution in [2.75, 3.05) is 6.54 Å². The summed E-state index contributed by atoms with van der Waals surface area (Å²) in [6.45, 7) is 1.08. The topological polar surface area (TPSA) is 40.7 Å². The van der Waals surface area contributed by atoms with Gasteiger partial charge in [0.2, 0.25) is 0 Å². The van der Waals surface area contributed by atoms with E-state index in [-0.39, 0.29) is 0 Å². The van der Waals surface area contributed by atoms with E-state index in [9.17, 15) is 0 Å². The van der Waals surface area contributed by atoms with Crippen LogP contribution in [0.2, 0.25) is 0 Å². The van der Waals surface area contributed by atoms with E-state index in [2.05, 4.69) is 45.6 Å². The molecule has 3 nitrogen and oxygen atoms in total. The van der Waals surface area contributed by atoms with Gasteiger partial charge < -0.3 is 10.3 Å². The highest BCUT2D eigenvalue weighted by molar-refractivity contribution is 5.22. The van der Waals surface area contributed by atoms with Crippen LogP contribution in [0.25, 0.3) is 0 Å². The van der Waals surface area contributed by atoms with Crippen molar-refractivity contribution in [2.45, 2.75) is 50.5 Å². The van der Waals surface area contributed by atoms with Crippen molar-refractivity contribution in [3.8, 4) is 0 Å². The number of benzene rings is 1. The van der Waals surface area contributed by atoms with E-state index in [1.165, 1.54) is 31.2 Å². The normalized spacial score (nSPS) is 22.3. The van der Waals surface area contributed by atoms with Crippen LogP contribution in [0, 0.1) is 0 Å². The molecule has 1 heterocycles. The highest BCUT2D eigenvalue weighted by Gasteiger charge is 2.25. The predicted octanol–water partition coefficient (Wildman–Crippen LogP) is 3.66. The van der Waals surface area contributed by atoms with E-state index in [1.54, 1.807) is 0 Å². The molecule has 0 bridgehead atoms. The van der Waals surface area contributed by atoms with E-state index in [4.69, 9.17) is 0 Å². The van der Waals surface area contributed by atoms with Crippen molar-refractivity contribution in [3.63, 3.8) is 0 Å². The third-order valence-corrected chi connectivity index (χ3v) is 4.55. The van der Waals surface area contributed by atoms with Gasteiger partial charge in [0, 0.05) is 24.9 Å². The molecule has 0 radical (unpaired) electrons. The minimum absolute atomic E-state index is 0.637. The van der Waals surface area contributed by atoms with Crippen molar-refractivity contribution in [1.29, 1.82) is 0 Å². The Morgan fingerprint density at radius 1 is 1.14 bits per heavy atom. The number of aryl methyl sites for hydroxylation is 1. The molecule has 112 valence electrons. The predicted molar refractivity (Wildman–Crippen MR) is 86.4 cm³/mol. The molecule has 2 unspecified atom stereocenters. The SMILES string of the molecule is c1ccc(C2CCCCC2NCCCc2ncc[nH]2)cc1. The van der Waals surface area contributed by atoms with Gasteiger partial charge in [0.15, 0.2) is 0 Å². The van der Waals surface area contributed by atoms with Crippen LogP contribution in [0.4, 0.5) is 0 Å². The van der Waals surface area contributed by atoms with Crippen LogP contribution in [-0.4, -0.2) is 22.6 Å². The zero-order valence-electron chi connectivity index (χ0n) is 12.6. The lowest BCUT2D eigenvalue weighted by molar-refractivity contribution is 0.326. The molecular weight excluding hydrogens is 258 g/mol. The number of nitrogens with one attached hydrogen (secondary N) is 2. The fourth-order valence-corrected chi connectivity index (χ4v) is 3.45. The summed E-state index contributed by atoms with van der Waals surface area (Å²) in [5, 5.41) is 3.79. The Balaban J connectivity index is 1.50. The number of H-pyrrole nitrogens is 1.